The van der Waals surface area contributed by atoms with Gasteiger partial charge in [-0.25, -0.2) is 22.8 Å². The number of alkyl halides is 2. The molecule has 0 aliphatic carbocycles. The van der Waals surface area contributed by atoms with Crippen LogP contribution in [0.5, 0.6) is 0 Å². The number of rotatable bonds is 4. The van der Waals surface area contributed by atoms with E-state index in [4.69, 9.17) is 0 Å². The molecule has 4 aromatic rings. The van der Waals surface area contributed by atoms with Crippen LogP contribution in [-0.4, -0.2) is 14.8 Å². The zero-order chi connectivity index (χ0) is 20.0. The normalized spacial score (nSPS) is 11.9. The van der Waals surface area contributed by atoms with Gasteiger partial charge in [0.2, 0.25) is 0 Å². The molecule has 0 saturated carbocycles. The standard InChI is InChI=1S/C21H18F3N3S/c1-11(2)19-18-15(20(23)24)10-16(17-9-4-12(3)28-17)25-21(18)27(26-19)14-7-5-13(22)6-8-14/h4-11,20H,1-3H3. The van der Waals surface area contributed by atoms with Crippen molar-refractivity contribution in [2.45, 2.75) is 33.1 Å². The molecule has 0 unspecified atom stereocenters. The lowest BCUT2D eigenvalue weighted by Gasteiger charge is -2.08. The zero-order valence-electron chi connectivity index (χ0n) is 15.6. The lowest BCUT2D eigenvalue weighted by molar-refractivity contribution is 0.153. The summed E-state index contributed by atoms with van der Waals surface area (Å²) < 4.78 is 42.9. The maximum atomic E-state index is 14.0. The predicted octanol–water partition coefficient (Wildman–Crippen LogP) is 6.66. The molecule has 4 rings (SSSR count). The first-order chi connectivity index (χ1) is 13.3. The quantitative estimate of drug-likeness (QED) is 0.383. The number of hydrogen-bond donors (Lipinski definition) is 0. The first kappa shape index (κ1) is 18.7. The summed E-state index contributed by atoms with van der Waals surface area (Å²) >= 11 is 1.50. The number of aryl methyl sites for hydroxylation is 1. The van der Waals surface area contributed by atoms with Crippen molar-refractivity contribution in [3.63, 3.8) is 0 Å². The van der Waals surface area contributed by atoms with Crippen LogP contribution in [-0.2, 0) is 0 Å². The highest BCUT2D eigenvalue weighted by molar-refractivity contribution is 7.15. The number of benzene rings is 1. The highest BCUT2D eigenvalue weighted by Crippen LogP contribution is 2.37. The molecule has 3 heterocycles. The van der Waals surface area contributed by atoms with Gasteiger partial charge in [-0.1, -0.05) is 13.8 Å². The molecule has 28 heavy (non-hydrogen) atoms. The van der Waals surface area contributed by atoms with Crippen molar-refractivity contribution in [1.82, 2.24) is 14.8 Å². The first-order valence-electron chi connectivity index (χ1n) is 8.89. The van der Waals surface area contributed by atoms with E-state index in [-0.39, 0.29) is 17.3 Å². The SMILES string of the molecule is Cc1ccc(-c2cc(C(F)F)c3c(C(C)C)nn(-c4ccc(F)cc4)c3n2)s1. The average Bonchev–Trinajstić information content (AvgIpc) is 3.25. The smallest absolute Gasteiger partial charge is 0.227 e. The molecule has 0 aliphatic rings. The fourth-order valence-corrected chi connectivity index (χ4v) is 4.04. The highest BCUT2D eigenvalue weighted by Gasteiger charge is 2.24. The van der Waals surface area contributed by atoms with Gasteiger partial charge in [-0.15, -0.1) is 11.3 Å². The van der Waals surface area contributed by atoms with Gasteiger partial charge < -0.3 is 0 Å². The molecular weight excluding hydrogens is 383 g/mol. The van der Waals surface area contributed by atoms with Gasteiger partial charge >= 0.3 is 0 Å². The van der Waals surface area contributed by atoms with E-state index >= 15 is 0 Å². The number of hydrogen-bond acceptors (Lipinski definition) is 3. The van der Waals surface area contributed by atoms with Gasteiger partial charge in [0.15, 0.2) is 5.65 Å². The van der Waals surface area contributed by atoms with Gasteiger partial charge in [0.05, 0.1) is 27.3 Å². The molecule has 7 heteroatoms. The van der Waals surface area contributed by atoms with Crippen LogP contribution in [0.2, 0.25) is 0 Å². The number of pyridine rings is 1. The lowest BCUT2D eigenvalue weighted by Crippen LogP contribution is -1.99. The van der Waals surface area contributed by atoms with Crippen molar-refractivity contribution >= 4 is 22.4 Å². The fourth-order valence-electron chi connectivity index (χ4n) is 3.21. The van der Waals surface area contributed by atoms with E-state index in [0.29, 0.717) is 28.1 Å². The second kappa shape index (κ2) is 7.05. The molecule has 0 aliphatic heterocycles. The molecule has 3 nitrogen and oxygen atoms in total. The van der Waals surface area contributed by atoms with E-state index < -0.39 is 6.43 Å². The van der Waals surface area contributed by atoms with Crippen LogP contribution in [0, 0.1) is 12.7 Å². The molecule has 0 radical (unpaired) electrons. The molecule has 0 atom stereocenters. The Morgan fingerprint density at radius 1 is 1.04 bits per heavy atom. The minimum absolute atomic E-state index is 0.0710. The third-order valence-corrected chi connectivity index (χ3v) is 5.56. The average molecular weight is 401 g/mol. The molecule has 0 N–H and O–H groups in total. The Balaban J connectivity index is 2.06. The van der Waals surface area contributed by atoms with Gasteiger partial charge in [-0.3, -0.25) is 0 Å². The Hall–Kier alpha value is -2.67. The summed E-state index contributed by atoms with van der Waals surface area (Å²) in [6, 6.07) is 11.0. The Bertz CT molecular complexity index is 1140. The number of halogens is 3. The summed E-state index contributed by atoms with van der Waals surface area (Å²) in [7, 11) is 0. The van der Waals surface area contributed by atoms with Crippen LogP contribution >= 0.6 is 11.3 Å². The fraction of sp³-hybridized carbons (Fsp3) is 0.238. The lowest BCUT2D eigenvalue weighted by atomic mass is 10.0. The molecule has 0 saturated heterocycles. The van der Waals surface area contributed by atoms with Gasteiger partial charge in [0.1, 0.15) is 5.82 Å². The summed E-state index contributed by atoms with van der Waals surface area (Å²) in [6.45, 7) is 5.77. The minimum Gasteiger partial charge on any atom is -0.227 e. The van der Waals surface area contributed by atoms with E-state index in [1.165, 1.54) is 34.2 Å². The summed E-state index contributed by atoms with van der Waals surface area (Å²) in [5, 5.41) is 4.94. The molecule has 0 amide bonds. The third kappa shape index (κ3) is 3.20. The van der Waals surface area contributed by atoms with Crippen LogP contribution in [0.25, 0.3) is 27.3 Å². The molecule has 1 aromatic carbocycles. The Kier molecular flexibility index (Phi) is 4.71. The topological polar surface area (TPSA) is 30.7 Å². The van der Waals surface area contributed by atoms with E-state index in [1.807, 2.05) is 32.9 Å². The second-order valence-corrected chi connectivity index (χ2v) is 8.22. The van der Waals surface area contributed by atoms with Crippen molar-refractivity contribution in [3.8, 4) is 16.3 Å². The summed E-state index contributed by atoms with van der Waals surface area (Å²) in [5.74, 6) is -0.446. The highest BCUT2D eigenvalue weighted by atomic mass is 32.1. The van der Waals surface area contributed by atoms with Gasteiger partial charge in [-0.05, 0) is 55.3 Å². The summed E-state index contributed by atoms with van der Waals surface area (Å²) in [4.78, 5) is 6.58. The van der Waals surface area contributed by atoms with Gasteiger partial charge in [0.25, 0.3) is 6.43 Å². The number of fused-ring (bicyclic) bond motifs is 1. The molecular formula is C21H18F3N3S. The maximum Gasteiger partial charge on any atom is 0.264 e. The van der Waals surface area contributed by atoms with E-state index in [9.17, 15) is 13.2 Å². The Labute approximate surface area is 164 Å². The van der Waals surface area contributed by atoms with Crippen molar-refractivity contribution < 1.29 is 13.2 Å². The van der Waals surface area contributed by atoms with Crippen molar-refractivity contribution in [2.75, 3.05) is 0 Å². The third-order valence-electron chi connectivity index (χ3n) is 4.54. The second-order valence-electron chi connectivity index (χ2n) is 6.93. The van der Waals surface area contributed by atoms with Gasteiger partial charge in [0, 0.05) is 10.4 Å². The molecule has 0 bridgehead atoms. The van der Waals surface area contributed by atoms with Crippen LogP contribution in [0.3, 0.4) is 0 Å². The molecule has 144 valence electrons. The Morgan fingerprint density at radius 2 is 1.75 bits per heavy atom. The van der Waals surface area contributed by atoms with Crippen molar-refractivity contribution in [1.29, 1.82) is 0 Å². The number of thiophene rings is 1. The molecule has 0 spiro atoms. The van der Waals surface area contributed by atoms with E-state index in [0.717, 1.165) is 9.75 Å². The Morgan fingerprint density at radius 3 is 2.32 bits per heavy atom. The van der Waals surface area contributed by atoms with E-state index in [2.05, 4.69) is 10.1 Å². The van der Waals surface area contributed by atoms with Crippen LogP contribution in [0.15, 0.2) is 42.5 Å². The van der Waals surface area contributed by atoms with Crippen LogP contribution in [0.4, 0.5) is 13.2 Å². The van der Waals surface area contributed by atoms with Crippen LogP contribution < -0.4 is 0 Å². The number of nitrogens with zero attached hydrogens (tertiary/aromatic N) is 3. The molecule has 3 aromatic heterocycles. The van der Waals surface area contributed by atoms with Crippen LogP contribution in [0.1, 0.15) is 42.3 Å². The van der Waals surface area contributed by atoms with E-state index in [1.54, 1.807) is 12.1 Å². The predicted molar refractivity (Wildman–Crippen MR) is 106 cm³/mol. The summed E-state index contributed by atoms with van der Waals surface area (Å²) in [5.41, 5.74) is 1.89. The van der Waals surface area contributed by atoms with Gasteiger partial charge in [-0.2, -0.15) is 5.10 Å². The first-order valence-corrected chi connectivity index (χ1v) is 9.71. The largest absolute Gasteiger partial charge is 0.264 e. The van der Waals surface area contributed by atoms with Crippen molar-refractivity contribution in [3.05, 3.63) is 64.4 Å². The molecule has 0 fully saturated rings. The summed E-state index contributed by atoms with van der Waals surface area (Å²) in [6.07, 6.45) is -2.66. The van der Waals surface area contributed by atoms with Crippen molar-refractivity contribution in [2.24, 2.45) is 0 Å². The maximum absolute atomic E-state index is 14.0. The zero-order valence-corrected chi connectivity index (χ0v) is 16.4. The number of aromatic nitrogens is 3. The monoisotopic (exact) mass is 401 g/mol. The minimum atomic E-state index is -2.66.